The third-order valence-electron chi connectivity index (χ3n) is 4.07. The third-order valence-corrected chi connectivity index (χ3v) is 5.76. The van der Waals surface area contributed by atoms with Gasteiger partial charge < -0.3 is 5.32 Å². The second kappa shape index (κ2) is 7.46. The van der Waals surface area contributed by atoms with Crippen LogP contribution in [0.1, 0.15) is 15.4 Å². The number of hydrogen-bond acceptors (Lipinski definition) is 4. The van der Waals surface area contributed by atoms with E-state index in [1.807, 2.05) is 29.6 Å². The highest BCUT2D eigenvalue weighted by Gasteiger charge is 2.17. The molecule has 0 saturated heterocycles. The predicted octanol–water partition coefficient (Wildman–Crippen LogP) is 4.14. The number of carbonyl (C=O) groups excluding carboxylic acids is 1. The van der Waals surface area contributed by atoms with Gasteiger partial charge in [0.15, 0.2) is 5.69 Å². The molecule has 0 radical (unpaired) electrons. The third kappa shape index (κ3) is 3.56. The Morgan fingerprint density at radius 1 is 1.07 bits per heavy atom. The smallest absolute Gasteiger partial charge is 0.279 e. The minimum Gasteiger partial charge on any atom is -0.346 e. The number of aromatic nitrogens is 2. The van der Waals surface area contributed by atoms with E-state index in [9.17, 15) is 9.59 Å². The second-order valence-electron chi connectivity index (χ2n) is 5.86. The normalized spacial score (nSPS) is 10.9. The van der Waals surface area contributed by atoms with Crippen LogP contribution in [0.15, 0.2) is 75.3 Å². The lowest BCUT2D eigenvalue weighted by molar-refractivity contribution is 0.0946. The number of para-hydroxylation sites is 1. The van der Waals surface area contributed by atoms with Gasteiger partial charge in [-0.05, 0) is 40.2 Å². The fraction of sp³-hybridized carbons (Fsp3) is 0.0500. The maximum Gasteiger partial charge on any atom is 0.279 e. The molecular weight excluding hydrogens is 426 g/mol. The zero-order valence-corrected chi connectivity index (χ0v) is 16.5. The van der Waals surface area contributed by atoms with Crippen LogP contribution in [0.3, 0.4) is 0 Å². The summed E-state index contributed by atoms with van der Waals surface area (Å²) in [5, 5.41) is 10.2. The van der Waals surface area contributed by atoms with Crippen LogP contribution in [0.25, 0.3) is 16.5 Å². The lowest BCUT2D eigenvalue weighted by Crippen LogP contribution is -2.29. The first kappa shape index (κ1) is 17.6. The summed E-state index contributed by atoms with van der Waals surface area (Å²) in [6.45, 7) is 0.398. The Morgan fingerprint density at radius 3 is 2.48 bits per heavy atom. The Hall–Kier alpha value is -2.77. The molecule has 0 saturated carbocycles. The van der Waals surface area contributed by atoms with Crippen LogP contribution in [0, 0.1) is 0 Å². The summed E-state index contributed by atoms with van der Waals surface area (Å²) in [7, 11) is 0. The predicted molar refractivity (Wildman–Crippen MR) is 111 cm³/mol. The minimum absolute atomic E-state index is 0.227. The molecule has 0 unspecified atom stereocenters. The maximum atomic E-state index is 12.9. The molecule has 4 aromatic rings. The van der Waals surface area contributed by atoms with Crippen LogP contribution in [-0.2, 0) is 6.54 Å². The standard InChI is InChI=1S/C20H14BrN3O2S/c21-13-10-15(27-12-13)11-22-19(25)18-16-8-4-5-9-17(16)20(26)24(23-18)14-6-2-1-3-7-14/h1-10,12H,11H2,(H,22,25). The Balaban J connectivity index is 1.78. The van der Waals surface area contributed by atoms with E-state index in [0.29, 0.717) is 23.0 Å². The van der Waals surface area contributed by atoms with Gasteiger partial charge in [-0.1, -0.05) is 36.4 Å². The summed E-state index contributed by atoms with van der Waals surface area (Å²) in [5.74, 6) is -0.319. The Kier molecular flexibility index (Phi) is 4.87. The molecule has 0 aliphatic heterocycles. The van der Waals surface area contributed by atoms with Gasteiger partial charge >= 0.3 is 0 Å². The van der Waals surface area contributed by atoms with E-state index in [1.54, 1.807) is 47.7 Å². The fourth-order valence-electron chi connectivity index (χ4n) is 2.80. The summed E-state index contributed by atoms with van der Waals surface area (Å²) in [6.07, 6.45) is 0. The van der Waals surface area contributed by atoms with E-state index in [4.69, 9.17) is 0 Å². The molecule has 2 aromatic carbocycles. The highest BCUT2D eigenvalue weighted by atomic mass is 79.9. The van der Waals surface area contributed by atoms with Crippen molar-refractivity contribution in [2.45, 2.75) is 6.54 Å². The minimum atomic E-state index is -0.319. The van der Waals surface area contributed by atoms with E-state index in [0.717, 1.165) is 9.35 Å². The van der Waals surface area contributed by atoms with Crippen molar-refractivity contribution in [2.75, 3.05) is 0 Å². The molecule has 0 fully saturated rings. The van der Waals surface area contributed by atoms with Gasteiger partial charge in [0, 0.05) is 20.1 Å². The lowest BCUT2D eigenvalue weighted by Gasteiger charge is -2.11. The van der Waals surface area contributed by atoms with Gasteiger partial charge in [0.25, 0.3) is 11.5 Å². The molecule has 1 N–H and O–H groups in total. The monoisotopic (exact) mass is 439 g/mol. The van der Waals surface area contributed by atoms with Crippen LogP contribution < -0.4 is 10.9 Å². The molecule has 4 rings (SSSR count). The van der Waals surface area contributed by atoms with Gasteiger partial charge in [-0.25, -0.2) is 0 Å². The molecule has 5 nitrogen and oxygen atoms in total. The highest BCUT2D eigenvalue weighted by molar-refractivity contribution is 9.10. The molecular formula is C20H14BrN3O2S. The second-order valence-corrected chi connectivity index (χ2v) is 7.77. The number of nitrogens with zero attached hydrogens (tertiary/aromatic N) is 2. The molecule has 27 heavy (non-hydrogen) atoms. The van der Waals surface area contributed by atoms with E-state index in [2.05, 4.69) is 26.3 Å². The Bertz CT molecular complexity index is 1180. The van der Waals surface area contributed by atoms with Gasteiger partial charge in [-0.15, -0.1) is 11.3 Å². The zero-order chi connectivity index (χ0) is 18.8. The van der Waals surface area contributed by atoms with Gasteiger partial charge in [0.1, 0.15) is 0 Å². The number of amides is 1. The van der Waals surface area contributed by atoms with Crippen LogP contribution in [-0.4, -0.2) is 15.7 Å². The summed E-state index contributed by atoms with van der Waals surface area (Å²) in [6, 6.07) is 18.1. The number of halogens is 1. The quantitative estimate of drug-likeness (QED) is 0.519. The van der Waals surface area contributed by atoms with Gasteiger partial charge in [-0.2, -0.15) is 9.78 Å². The number of fused-ring (bicyclic) bond motifs is 1. The number of benzene rings is 2. The summed E-state index contributed by atoms with van der Waals surface area (Å²) in [5.41, 5.74) is 0.588. The van der Waals surface area contributed by atoms with Crippen molar-refractivity contribution in [3.05, 3.63) is 91.4 Å². The van der Waals surface area contributed by atoms with Gasteiger partial charge in [0.2, 0.25) is 0 Å². The van der Waals surface area contributed by atoms with Crippen molar-refractivity contribution in [3.8, 4) is 5.69 Å². The molecule has 2 heterocycles. The molecule has 7 heteroatoms. The average molecular weight is 440 g/mol. The molecule has 1 amide bonds. The topological polar surface area (TPSA) is 64.0 Å². The largest absolute Gasteiger partial charge is 0.346 e. The van der Waals surface area contributed by atoms with Crippen molar-refractivity contribution < 1.29 is 4.79 Å². The van der Waals surface area contributed by atoms with Crippen LogP contribution >= 0.6 is 27.3 Å². The lowest BCUT2D eigenvalue weighted by atomic mass is 10.1. The molecule has 0 aliphatic carbocycles. The molecule has 134 valence electrons. The van der Waals surface area contributed by atoms with Crippen LogP contribution in [0.4, 0.5) is 0 Å². The van der Waals surface area contributed by atoms with Crippen molar-refractivity contribution in [3.63, 3.8) is 0 Å². The number of nitrogens with one attached hydrogen (secondary N) is 1. The van der Waals surface area contributed by atoms with E-state index in [1.165, 1.54) is 4.68 Å². The first-order valence-corrected chi connectivity index (χ1v) is 9.89. The average Bonchev–Trinajstić information content (AvgIpc) is 3.12. The van der Waals surface area contributed by atoms with Crippen molar-refractivity contribution in [2.24, 2.45) is 0 Å². The summed E-state index contributed by atoms with van der Waals surface area (Å²) < 4.78 is 2.26. The summed E-state index contributed by atoms with van der Waals surface area (Å²) in [4.78, 5) is 26.7. The maximum absolute atomic E-state index is 12.9. The number of thiophene rings is 1. The fourth-order valence-corrected chi connectivity index (χ4v) is 4.19. The SMILES string of the molecule is O=C(NCc1cc(Br)cs1)c1nn(-c2ccccc2)c(=O)c2ccccc12. The molecule has 0 aliphatic rings. The molecule has 0 atom stereocenters. The Labute approximate surface area is 167 Å². The number of hydrogen-bond donors (Lipinski definition) is 1. The molecule has 0 spiro atoms. The number of rotatable bonds is 4. The highest BCUT2D eigenvalue weighted by Crippen LogP contribution is 2.20. The Morgan fingerprint density at radius 2 is 1.78 bits per heavy atom. The van der Waals surface area contributed by atoms with E-state index < -0.39 is 0 Å². The van der Waals surface area contributed by atoms with Gasteiger partial charge in [-0.3, -0.25) is 9.59 Å². The summed E-state index contributed by atoms with van der Waals surface area (Å²) >= 11 is 4.96. The molecule has 0 bridgehead atoms. The van der Waals surface area contributed by atoms with Crippen LogP contribution in [0.2, 0.25) is 0 Å². The van der Waals surface area contributed by atoms with Crippen LogP contribution in [0.5, 0.6) is 0 Å². The number of carbonyl (C=O) groups is 1. The van der Waals surface area contributed by atoms with Crippen molar-refractivity contribution >= 4 is 43.9 Å². The van der Waals surface area contributed by atoms with Crippen molar-refractivity contribution in [1.82, 2.24) is 15.1 Å². The zero-order valence-electron chi connectivity index (χ0n) is 14.1. The van der Waals surface area contributed by atoms with Gasteiger partial charge in [0.05, 0.1) is 17.6 Å². The first-order chi connectivity index (χ1) is 13.1. The molecule has 2 aromatic heterocycles. The first-order valence-electron chi connectivity index (χ1n) is 8.22. The van der Waals surface area contributed by atoms with E-state index in [-0.39, 0.29) is 17.2 Å². The van der Waals surface area contributed by atoms with E-state index >= 15 is 0 Å². The van der Waals surface area contributed by atoms with Crippen molar-refractivity contribution in [1.29, 1.82) is 0 Å².